The Balaban J connectivity index is 0.000000194. The van der Waals surface area contributed by atoms with E-state index in [2.05, 4.69) is 61.5 Å². The third-order valence-electron chi connectivity index (χ3n) is 14.9. The first-order valence-corrected chi connectivity index (χ1v) is 19.6. The van der Waals surface area contributed by atoms with Gasteiger partial charge >= 0.3 is 0 Å². The number of aryl methyl sites for hydroxylation is 1. The summed E-state index contributed by atoms with van der Waals surface area (Å²) in [7, 11) is 0. The van der Waals surface area contributed by atoms with E-state index in [1.807, 2.05) is 24.1 Å². The van der Waals surface area contributed by atoms with Crippen LogP contribution in [0.25, 0.3) is 11.0 Å². The Hall–Kier alpha value is -2.79. The highest BCUT2D eigenvalue weighted by atomic mass is 16.5. The molecule has 1 aliphatic heterocycles. The van der Waals surface area contributed by atoms with Crippen molar-refractivity contribution in [2.45, 2.75) is 146 Å². The maximum absolute atomic E-state index is 12.0. The Morgan fingerprint density at radius 3 is 2.46 bits per heavy atom. The first-order chi connectivity index (χ1) is 23.4. The van der Waals surface area contributed by atoms with Crippen molar-refractivity contribution in [2.75, 3.05) is 6.61 Å². The van der Waals surface area contributed by atoms with Crippen molar-refractivity contribution in [3.63, 3.8) is 0 Å². The van der Waals surface area contributed by atoms with Crippen LogP contribution in [0.15, 0.2) is 55.8 Å². The van der Waals surface area contributed by atoms with Crippen LogP contribution in [0.4, 0.5) is 0 Å². The minimum Gasteiger partial charge on any atom is -0.507 e. The lowest BCUT2D eigenvalue weighted by molar-refractivity contribution is -0.0962. The topological polar surface area (TPSA) is 79.9 Å². The van der Waals surface area contributed by atoms with Crippen molar-refractivity contribution >= 4 is 11.0 Å². The number of aliphatic hydroxyl groups excluding tert-OH is 1. The molecule has 5 heteroatoms. The lowest BCUT2D eigenvalue weighted by Crippen LogP contribution is -2.55. The number of aromatic hydroxyl groups is 1. The molecule has 0 bridgehead atoms. The number of fused-ring (bicyclic) bond motifs is 6. The Bertz CT molecular complexity index is 1780. The summed E-state index contributed by atoms with van der Waals surface area (Å²) < 4.78 is 11.1. The van der Waals surface area contributed by atoms with E-state index in [0.717, 1.165) is 23.8 Å². The molecule has 2 aromatic rings. The Kier molecular flexibility index (Phi) is 9.85. The molecule has 7 rings (SSSR count). The number of rotatable bonds is 4. The van der Waals surface area contributed by atoms with Crippen LogP contribution in [0, 0.1) is 46.3 Å². The maximum Gasteiger partial charge on any atom is 0.196 e. The molecule has 7 atom stereocenters. The van der Waals surface area contributed by atoms with Gasteiger partial charge in [0.1, 0.15) is 34.8 Å². The molecule has 2 fully saturated rings. The van der Waals surface area contributed by atoms with Gasteiger partial charge in [0.2, 0.25) is 0 Å². The number of ether oxygens (including phenoxy) is 1. The van der Waals surface area contributed by atoms with Crippen LogP contribution < -0.4 is 10.2 Å². The zero-order chi connectivity index (χ0) is 36.4. The van der Waals surface area contributed by atoms with Crippen molar-refractivity contribution in [3.05, 3.63) is 68.1 Å². The van der Waals surface area contributed by atoms with Crippen molar-refractivity contribution in [2.24, 2.45) is 39.4 Å². The van der Waals surface area contributed by atoms with Gasteiger partial charge in [-0.3, -0.25) is 4.79 Å². The Morgan fingerprint density at radius 2 is 1.74 bits per heavy atom. The third kappa shape index (κ3) is 6.01. The van der Waals surface area contributed by atoms with E-state index in [9.17, 15) is 15.0 Å². The summed E-state index contributed by atoms with van der Waals surface area (Å²) in [6.07, 6.45) is 17.7. The summed E-state index contributed by atoms with van der Waals surface area (Å²) >= 11 is 0. The molecule has 2 N–H and O–H groups in total. The predicted molar refractivity (Wildman–Crippen MR) is 205 cm³/mol. The minimum atomic E-state index is -0.232. The molecule has 0 amide bonds. The van der Waals surface area contributed by atoms with Gasteiger partial charge < -0.3 is 19.4 Å². The van der Waals surface area contributed by atoms with E-state index in [0.29, 0.717) is 57.8 Å². The summed E-state index contributed by atoms with van der Waals surface area (Å²) in [6.45, 7) is 23.8. The fourth-order valence-corrected chi connectivity index (χ4v) is 11.8. The lowest BCUT2D eigenvalue weighted by atomic mass is 9.43. The average Bonchev–Trinajstić information content (AvgIpc) is 3.18. The summed E-state index contributed by atoms with van der Waals surface area (Å²) in [5.74, 6) is 3.38. The smallest absolute Gasteiger partial charge is 0.196 e. The maximum atomic E-state index is 12.0. The van der Waals surface area contributed by atoms with Crippen molar-refractivity contribution < 1.29 is 19.4 Å². The average molecular weight is 685 g/mol. The van der Waals surface area contributed by atoms with Crippen molar-refractivity contribution in [1.82, 2.24) is 0 Å². The zero-order valence-electron chi connectivity index (χ0n) is 32.7. The van der Waals surface area contributed by atoms with Crippen LogP contribution in [0.5, 0.6) is 11.5 Å². The first kappa shape index (κ1) is 37.0. The van der Waals surface area contributed by atoms with Gasteiger partial charge in [0.15, 0.2) is 5.43 Å². The minimum absolute atomic E-state index is 0.0350. The van der Waals surface area contributed by atoms with E-state index >= 15 is 0 Å². The monoisotopic (exact) mass is 684 g/mol. The summed E-state index contributed by atoms with van der Waals surface area (Å²) in [5.41, 5.74) is 8.27. The molecule has 274 valence electrons. The van der Waals surface area contributed by atoms with Crippen LogP contribution >= 0.6 is 0 Å². The highest BCUT2D eigenvalue weighted by molar-refractivity contribution is 5.87. The SMILES string of the molecule is CC(C)=CCCC(C)C1CCC2(C)C3=C(CCC12C)C1(C)CCC(O)C(C)(C)C1CC3.CC1=CCc2c(cc3oc(C)cc(=O)c3c2O)OC1. The number of phenolic OH excluding ortho intramolecular Hbond substituents is 1. The number of hydrogen-bond donors (Lipinski definition) is 2. The van der Waals surface area contributed by atoms with Crippen LogP contribution in [0.3, 0.4) is 0 Å². The summed E-state index contributed by atoms with van der Waals surface area (Å²) in [6, 6.07) is 3.07. The molecule has 0 saturated heterocycles. The molecule has 7 unspecified atom stereocenters. The van der Waals surface area contributed by atoms with Gasteiger partial charge in [0, 0.05) is 17.7 Å². The molecule has 0 spiro atoms. The number of benzene rings is 1. The molecule has 5 aliphatic rings. The number of hydrogen-bond acceptors (Lipinski definition) is 5. The van der Waals surface area contributed by atoms with E-state index in [1.54, 1.807) is 13.0 Å². The molecule has 50 heavy (non-hydrogen) atoms. The Labute approximate surface area is 301 Å². The van der Waals surface area contributed by atoms with E-state index in [-0.39, 0.29) is 28.1 Å². The zero-order valence-corrected chi connectivity index (χ0v) is 32.7. The van der Waals surface area contributed by atoms with Crippen LogP contribution in [-0.2, 0) is 6.42 Å². The fourth-order valence-electron chi connectivity index (χ4n) is 11.8. The molecular weight excluding hydrogens is 620 g/mol. The summed E-state index contributed by atoms with van der Waals surface area (Å²) in [5, 5.41) is 21.3. The van der Waals surface area contributed by atoms with Crippen LogP contribution in [0.1, 0.15) is 138 Å². The summed E-state index contributed by atoms with van der Waals surface area (Å²) in [4.78, 5) is 12.0. The molecule has 2 saturated carbocycles. The number of phenols is 1. The lowest BCUT2D eigenvalue weighted by Gasteiger charge is -2.62. The second-order valence-corrected chi connectivity index (χ2v) is 18.4. The Morgan fingerprint density at radius 1 is 1.00 bits per heavy atom. The number of aliphatic hydroxyl groups is 1. The molecular formula is C45H64O5. The second-order valence-electron chi connectivity index (χ2n) is 18.4. The van der Waals surface area contributed by atoms with Gasteiger partial charge in [-0.2, -0.15) is 0 Å². The number of allylic oxidation sites excluding steroid dienone is 5. The van der Waals surface area contributed by atoms with Crippen molar-refractivity contribution in [3.8, 4) is 11.5 Å². The van der Waals surface area contributed by atoms with E-state index in [1.165, 1.54) is 69.4 Å². The van der Waals surface area contributed by atoms with Gasteiger partial charge in [-0.1, -0.05) is 70.4 Å². The highest BCUT2D eigenvalue weighted by Crippen LogP contribution is 2.72. The normalized spacial score (nSPS) is 33.3. The van der Waals surface area contributed by atoms with Crippen molar-refractivity contribution in [1.29, 1.82) is 0 Å². The van der Waals surface area contributed by atoms with Gasteiger partial charge in [0.25, 0.3) is 0 Å². The van der Waals surface area contributed by atoms with Crippen LogP contribution in [0.2, 0.25) is 0 Å². The third-order valence-corrected chi connectivity index (χ3v) is 14.9. The van der Waals surface area contributed by atoms with E-state index < -0.39 is 0 Å². The molecule has 0 radical (unpaired) electrons. The molecule has 4 aliphatic carbocycles. The quantitative estimate of drug-likeness (QED) is 0.313. The van der Waals surface area contributed by atoms with Gasteiger partial charge in [0.05, 0.1) is 6.10 Å². The van der Waals surface area contributed by atoms with E-state index in [4.69, 9.17) is 9.15 Å². The second kappa shape index (κ2) is 13.3. The first-order valence-electron chi connectivity index (χ1n) is 19.6. The fraction of sp³-hybridized carbons (Fsp3) is 0.667. The predicted octanol–water partition coefficient (Wildman–Crippen LogP) is 11.2. The largest absolute Gasteiger partial charge is 0.507 e. The molecule has 5 nitrogen and oxygen atoms in total. The van der Waals surface area contributed by atoms with Gasteiger partial charge in [-0.05, 0) is 143 Å². The van der Waals surface area contributed by atoms with Crippen LogP contribution in [-0.4, -0.2) is 22.9 Å². The molecule has 1 aromatic heterocycles. The van der Waals surface area contributed by atoms with Gasteiger partial charge in [-0.15, -0.1) is 0 Å². The highest BCUT2D eigenvalue weighted by Gasteiger charge is 2.63. The standard InChI is InChI=1S/C30H50O.C15H14O4/c1-20(2)10-9-11-21(3)22-14-18-30(8)24-12-13-25-27(4,5)26(31)16-17-28(25,6)23(24)15-19-29(22,30)7;1-8-3-4-10-12(18-7-8)6-13-14(15(10)17)11(16)5-9(2)19-13/h10,21-22,25-26,31H,9,11-19H2,1-8H3;3,5-6,17H,4,7H2,1-2H3. The molecule has 2 heterocycles. The van der Waals surface area contributed by atoms with Gasteiger partial charge in [-0.25, -0.2) is 0 Å². The molecule has 1 aromatic carbocycles.